The van der Waals surface area contributed by atoms with Gasteiger partial charge in [0.15, 0.2) is 11.6 Å². The number of hydrogen-bond donors (Lipinski definition) is 1. The Morgan fingerprint density at radius 3 is 2.64 bits per heavy atom. The lowest BCUT2D eigenvalue weighted by Crippen LogP contribution is -2.57. The second-order valence-electron chi connectivity index (χ2n) is 6.65. The van der Waals surface area contributed by atoms with Gasteiger partial charge in [-0.25, -0.2) is 14.1 Å². The van der Waals surface area contributed by atoms with Gasteiger partial charge in [-0.05, 0) is 6.92 Å². The van der Waals surface area contributed by atoms with E-state index in [1.165, 1.54) is 18.0 Å². The van der Waals surface area contributed by atoms with Crippen LogP contribution in [0.4, 0.5) is 17.6 Å². The molecular formula is C16H17F4N5O3. The smallest absolute Gasteiger partial charge is 0.426 e. The molecule has 0 fully saturated rings. The van der Waals surface area contributed by atoms with Gasteiger partial charge in [-0.2, -0.15) is 23.3 Å². The average molecular weight is 403 g/mol. The van der Waals surface area contributed by atoms with Gasteiger partial charge in [0.1, 0.15) is 0 Å². The van der Waals surface area contributed by atoms with Crippen LogP contribution in [0.15, 0.2) is 12.4 Å². The Labute approximate surface area is 156 Å². The molecule has 0 bridgehead atoms. The second-order valence-corrected chi connectivity index (χ2v) is 6.65. The van der Waals surface area contributed by atoms with Crippen molar-refractivity contribution in [1.82, 2.24) is 24.6 Å². The minimum Gasteiger partial charge on any atom is -0.467 e. The third kappa shape index (κ3) is 3.17. The summed E-state index contributed by atoms with van der Waals surface area (Å²) >= 11 is 0. The van der Waals surface area contributed by atoms with Crippen molar-refractivity contribution in [3.8, 4) is 11.8 Å². The normalized spacial score (nSPS) is 19.1. The van der Waals surface area contributed by atoms with Crippen molar-refractivity contribution >= 4 is 5.91 Å². The highest BCUT2D eigenvalue weighted by atomic mass is 19.4. The Morgan fingerprint density at radius 2 is 2.04 bits per heavy atom. The fourth-order valence-electron chi connectivity index (χ4n) is 3.07. The molecule has 0 saturated carbocycles. The molecule has 3 heterocycles. The van der Waals surface area contributed by atoms with Gasteiger partial charge in [-0.1, -0.05) is 6.92 Å². The quantitative estimate of drug-likeness (QED) is 0.782. The number of ether oxygens (including phenoxy) is 1. The number of alkyl halides is 3. The first-order valence-electron chi connectivity index (χ1n) is 8.19. The summed E-state index contributed by atoms with van der Waals surface area (Å²) in [7, 11) is 1.31. The first-order chi connectivity index (χ1) is 13.0. The molecule has 0 spiro atoms. The van der Waals surface area contributed by atoms with Crippen molar-refractivity contribution in [3.05, 3.63) is 29.5 Å². The summed E-state index contributed by atoms with van der Waals surface area (Å²) in [6, 6.07) is -0.0814. The number of carbonyl (C=O) groups is 1. The Hall–Kier alpha value is -2.76. The third-order valence-corrected chi connectivity index (χ3v) is 4.55. The fourth-order valence-corrected chi connectivity index (χ4v) is 3.07. The fraction of sp³-hybridized carbons (Fsp3) is 0.500. The molecule has 0 radical (unpaired) electrons. The van der Waals surface area contributed by atoms with Crippen molar-refractivity contribution < 1.29 is 32.2 Å². The standard InChI is InChI=1S/C16H17F4N5O3/c1-8-6-24(13(26)15(2,27)16(18,19)20)7-9-4-22-25(11(8)9)12-10(17)5-21-14(23-12)28-3/h4-5,8,27H,6-7H2,1-3H3/t8-,15?/m0/s1. The van der Waals surface area contributed by atoms with Crippen LogP contribution in [-0.2, 0) is 11.3 Å². The van der Waals surface area contributed by atoms with Gasteiger partial charge in [0, 0.05) is 24.6 Å². The van der Waals surface area contributed by atoms with Crippen LogP contribution in [0.25, 0.3) is 5.82 Å². The molecule has 28 heavy (non-hydrogen) atoms. The van der Waals surface area contributed by atoms with E-state index in [2.05, 4.69) is 15.1 Å². The first-order valence-corrected chi connectivity index (χ1v) is 8.19. The number of halogens is 4. The summed E-state index contributed by atoms with van der Waals surface area (Å²) in [6.07, 6.45) is -2.88. The van der Waals surface area contributed by atoms with Gasteiger partial charge >= 0.3 is 12.2 Å². The van der Waals surface area contributed by atoms with Gasteiger partial charge in [0.25, 0.3) is 5.91 Å². The van der Waals surface area contributed by atoms with Crippen LogP contribution in [-0.4, -0.2) is 61.1 Å². The van der Waals surface area contributed by atoms with E-state index < -0.39 is 29.4 Å². The summed E-state index contributed by atoms with van der Waals surface area (Å²) in [6.45, 7) is 1.73. The van der Waals surface area contributed by atoms with E-state index in [4.69, 9.17) is 4.74 Å². The topological polar surface area (TPSA) is 93.4 Å². The Kier molecular flexibility index (Phi) is 4.77. The highest BCUT2D eigenvalue weighted by molar-refractivity contribution is 5.85. The zero-order chi connectivity index (χ0) is 20.9. The number of aliphatic hydroxyl groups is 1. The molecule has 1 aliphatic rings. The molecule has 12 heteroatoms. The van der Waals surface area contributed by atoms with Crippen LogP contribution in [0.2, 0.25) is 0 Å². The molecule has 1 N–H and O–H groups in total. The Bertz CT molecular complexity index is 912. The van der Waals surface area contributed by atoms with Crippen molar-refractivity contribution in [2.75, 3.05) is 13.7 Å². The molecule has 8 nitrogen and oxygen atoms in total. The first kappa shape index (κ1) is 20.0. The highest BCUT2D eigenvalue weighted by Gasteiger charge is 2.57. The lowest BCUT2D eigenvalue weighted by Gasteiger charge is -2.36. The number of nitrogens with zero attached hydrogens (tertiary/aromatic N) is 5. The number of fused-ring (bicyclic) bond motifs is 1. The number of methoxy groups -OCH3 is 1. The minimum absolute atomic E-state index is 0.0814. The molecule has 0 aliphatic carbocycles. The average Bonchev–Trinajstić information content (AvgIpc) is 3.04. The van der Waals surface area contributed by atoms with Crippen molar-refractivity contribution in [3.63, 3.8) is 0 Å². The summed E-state index contributed by atoms with van der Waals surface area (Å²) in [5.74, 6) is -2.90. The van der Waals surface area contributed by atoms with E-state index in [1.807, 2.05) is 0 Å². The monoisotopic (exact) mass is 403 g/mol. The van der Waals surface area contributed by atoms with Crippen LogP contribution < -0.4 is 4.74 Å². The predicted molar refractivity (Wildman–Crippen MR) is 86.2 cm³/mol. The maximum atomic E-state index is 14.2. The molecule has 1 aliphatic heterocycles. The summed E-state index contributed by atoms with van der Waals surface area (Å²) in [4.78, 5) is 20.7. The van der Waals surface area contributed by atoms with E-state index in [1.54, 1.807) is 6.92 Å². The van der Waals surface area contributed by atoms with Gasteiger partial charge in [0.2, 0.25) is 5.60 Å². The van der Waals surface area contributed by atoms with Crippen LogP contribution in [0.5, 0.6) is 6.01 Å². The van der Waals surface area contributed by atoms with E-state index in [-0.39, 0.29) is 24.9 Å². The summed E-state index contributed by atoms with van der Waals surface area (Å²) in [5.41, 5.74) is -2.59. The minimum atomic E-state index is -5.11. The van der Waals surface area contributed by atoms with E-state index >= 15 is 0 Å². The maximum absolute atomic E-state index is 14.2. The van der Waals surface area contributed by atoms with Crippen molar-refractivity contribution in [2.45, 2.75) is 38.1 Å². The molecule has 0 aromatic carbocycles. The highest BCUT2D eigenvalue weighted by Crippen LogP contribution is 2.35. The Morgan fingerprint density at radius 1 is 1.36 bits per heavy atom. The van der Waals surface area contributed by atoms with Gasteiger partial charge < -0.3 is 14.7 Å². The number of amides is 1. The van der Waals surface area contributed by atoms with Crippen LogP contribution in [0, 0.1) is 5.82 Å². The summed E-state index contributed by atoms with van der Waals surface area (Å²) < 4.78 is 59.3. The summed E-state index contributed by atoms with van der Waals surface area (Å²) in [5, 5.41) is 13.7. The number of hydrogen-bond acceptors (Lipinski definition) is 6. The van der Waals surface area contributed by atoms with Crippen molar-refractivity contribution in [1.29, 1.82) is 0 Å². The SMILES string of the molecule is COc1ncc(F)c(-n2ncc3c2[C@@H](C)CN(C(=O)C(C)(O)C(F)(F)F)C3)n1. The number of rotatable bonds is 3. The van der Waals surface area contributed by atoms with Crippen molar-refractivity contribution in [2.24, 2.45) is 0 Å². The van der Waals surface area contributed by atoms with Crippen LogP contribution in [0.3, 0.4) is 0 Å². The van der Waals surface area contributed by atoms with Crippen LogP contribution >= 0.6 is 0 Å². The maximum Gasteiger partial charge on any atom is 0.426 e. The van der Waals surface area contributed by atoms with Crippen LogP contribution in [0.1, 0.15) is 31.0 Å². The van der Waals surface area contributed by atoms with E-state index in [0.29, 0.717) is 18.2 Å². The number of carbonyl (C=O) groups excluding carboxylic acids is 1. The van der Waals surface area contributed by atoms with E-state index in [9.17, 15) is 27.5 Å². The molecule has 2 aromatic rings. The van der Waals surface area contributed by atoms with E-state index in [0.717, 1.165) is 11.1 Å². The largest absolute Gasteiger partial charge is 0.467 e. The molecular weight excluding hydrogens is 386 g/mol. The molecule has 1 unspecified atom stereocenters. The molecule has 2 atom stereocenters. The van der Waals surface area contributed by atoms with Gasteiger partial charge in [0.05, 0.1) is 25.2 Å². The molecule has 152 valence electrons. The second kappa shape index (κ2) is 6.69. The molecule has 1 amide bonds. The lowest BCUT2D eigenvalue weighted by atomic mass is 9.95. The zero-order valence-corrected chi connectivity index (χ0v) is 15.2. The number of aromatic nitrogens is 4. The zero-order valence-electron chi connectivity index (χ0n) is 15.2. The molecule has 3 rings (SSSR count). The third-order valence-electron chi connectivity index (χ3n) is 4.55. The molecule has 0 saturated heterocycles. The molecule has 2 aromatic heterocycles. The predicted octanol–water partition coefficient (Wildman–Crippen LogP) is 1.57. The van der Waals surface area contributed by atoms with Gasteiger partial charge in [-0.15, -0.1) is 0 Å². The van der Waals surface area contributed by atoms with Gasteiger partial charge in [-0.3, -0.25) is 4.79 Å². The lowest BCUT2D eigenvalue weighted by molar-refractivity contribution is -0.250. The Balaban J connectivity index is 1.96.